The molecule has 1 aromatic carbocycles. The van der Waals surface area contributed by atoms with E-state index in [2.05, 4.69) is 38.2 Å². The molecule has 0 spiro atoms. The van der Waals surface area contributed by atoms with Crippen molar-refractivity contribution in [1.29, 1.82) is 0 Å². The van der Waals surface area contributed by atoms with Crippen LogP contribution in [0.4, 0.5) is 0 Å². The van der Waals surface area contributed by atoms with E-state index in [0.29, 0.717) is 12.0 Å². The van der Waals surface area contributed by atoms with Crippen molar-refractivity contribution in [1.82, 2.24) is 5.32 Å². The van der Waals surface area contributed by atoms with Gasteiger partial charge in [0.15, 0.2) is 0 Å². The van der Waals surface area contributed by atoms with Crippen LogP contribution in [0.15, 0.2) is 24.3 Å². The topological polar surface area (TPSA) is 41.5 Å². The van der Waals surface area contributed by atoms with Crippen molar-refractivity contribution in [2.45, 2.75) is 39.7 Å². The van der Waals surface area contributed by atoms with Gasteiger partial charge in [-0.3, -0.25) is 0 Å². The first-order valence-electron chi connectivity index (χ1n) is 7.71. The smallest absolute Gasteiger partial charge is 0.124 e. The quantitative estimate of drug-likeness (QED) is 0.839. The standard InChI is InChI=1S/C17H27NO2/c1-4-17(5-2,12-19)11-18-16-13(3)10-20-15-9-7-6-8-14(15)16/h6-9,13,16,18-19H,4-5,10-12H2,1-3H3. The van der Waals surface area contributed by atoms with Gasteiger partial charge in [0.05, 0.1) is 6.61 Å². The van der Waals surface area contributed by atoms with Gasteiger partial charge in [0.25, 0.3) is 0 Å². The van der Waals surface area contributed by atoms with Crippen LogP contribution in [0, 0.1) is 11.3 Å². The minimum Gasteiger partial charge on any atom is -0.493 e. The molecular formula is C17H27NO2. The number of hydrogen-bond acceptors (Lipinski definition) is 3. The fourth-order valence-electron chi connectivity index (χ4n) is 2.91. The van der Waals surface area contributed by atoms with Crippen molar-refractivity contribution in [2.75, 3.05) is 19.8 Å². The number of benzene rings is 1. The number of rotatable bonds is 6. The van der Waals surface area contributed by atoms with Crippen LogP contribution in [0.2, 0.25) is 0 Å². The molecule has 2 N–H and O–H groups in total. The normalized spacial score (nSPS) is 22.2. The minimum atomic E-state index is -0.00698. The molecule has 0 bridgehead atoms. The van der Waals surface area contributed by atoms with Gasteiger partial charge in [-0.1, -0.05) is 39.0 Å². The lowest BCUT2D eigenvalue weighted by Gasteiger charge is -2.36. The summed E-state index contributed by atoms with van der Waals surface area (Å²) in [4.78, 5) is 0. The molecule has 0 amide bonds. The zero-order valence-electron chi connectivity index (χ0n) is 12.9. The number of aliphatic hydroxyl groups is 1. The molecule has 0 saturated heterocycles. The number of ether oxygens (including phenoxy) is 1. The van der Waals surface area contributed by atoms with Gasteiger partial charge in [-0.05, 0) is 18.9 Å². The van der Waals surface area contributed by atoms with E-state index in [-0.39, 0.29) is 12.0 Å². The van der Waals surface area contributed by atoms with Crippen molar-refractivity contribution in [3.05, 3.63) is 29.8 Å². The second-order valence-electron chi connectivity index (χ2n) is 6.05. The minimum absolute atomic E-state index is 0.00698. The van der Waals surface area contributed by atoms with Crippen LogP contribution in [0.25, 0.3) is 0 Å². The summed E-state index contributed by atoms with van der Waals surface area (Å²) in [6.45, 7) is 8.36. The molecule has 0 aromatic heterocycles. The monoisotopic (exact) mass is 277 g/mol. The first-order valence-corrected chi connectivity index (χ1v) is 7.71. The van der Waals surface area contributed by atoms with E-state index in [4.69, 9.17) is 4.74 Å². The summed E-state index contributed by atoms with van der Waals surface area (Å²) in [7, 11) is 0. The molecule has 20 heavy (non-hydrogen) atoms. The Bertz CT molecular complexity index is 420. The number of nitrogens with one attached hydrogen (secondary N) is 1. The molecule has 2 atom stereocenters. The highest BCUT2D eigenvalue weighted by atomic mass is 16.5. The molecule has 0 aliphatic carbocycles. The van der Waals surface area contributed by atoms with E-state index >= 15 is 0 Å². The first kappa shape index (κ1) is 15.3. The molecule has 1 aliphatic rings. The van der Waals surface area contributed by atoms with Crippen LogP contribution < -0.4 is 10.1 Å². The van der Waals surface area contributed by atoms with Crippen molar-refractivity contribution in [2.24, 2.45) is 11.3 Å². The van der Waals surface area contributed by atoms with Crippen LogP contribution in [0.3, 0.4) is 0 Å². The lowest BCUT2D eigenvalue weighted by molar-refractivity contribution is 0.0996. The van der Waals surface area contributed by atoms with Crippen molar-refractivity contribution in [3.63, 3.8) is 0 Å². The third-order valence-electron chi connectivity index (χ3n) is 4.86. The number of para-hydroxylation sites is 1. The molecule has 112 valence electrons. The van der Waals surface area contributed by atoms with Crippen LogP contribution in [0.5, 0.6) is 5.75 Å². The van der Waals surface area contributed by atoms with Crippen molar-refractivity contribution in [3.8, 4) is 5.75 Å². The van der Waals surface area contributed by atoms with E-state index in [1.54, 1.807) is 0 Å². The summed E-state index contributed by atoms with van der Waals surface area (Å²) in [5, 5.41) is 13.4. The maximum atomic E-state index is 9.70. The third-order valence-corrected chi connectivity index (χ3v) is 4.86. The van der Waals surface area contributed by atoms with E-state index in [1.165, 1.54) is 5.56 Å². The number of aliphatic hydroxyl groups excluding tert-OH is 1. The Hall–Kier alpha value is -1.06. The van der Waals surface area contributed by atoms with Crippen molar-refractivity contribution >= 4 is 0 Å². The van der Waals surface area contributed by atoms with E-state index in [0.717, 1.165) is 31.7 Å². The maximum Gasteiger partial charge on any atom is 0.124 e. The fraction of sp³-hybridized carbons (Fsp3) is 0.647. The second-order valence-corrected chi connectivity index (χ2v) is 6.05. The van der Waals surface area contributed by atoms with Gasteiger partial charge >= 0.3 is 0 Å². The zero-order valence-corrected chi connectivity index (χ0v) is 12.9. The molecule has 0 radical (unpaired) electrons. The summed E-state index contributed by atoms with van der Waals surface area (Å²) < 4.78 is 5.79. The zero-order chi connectivity index (χ0) is 14.6. The molecule has 0 fully saturated rings. The molecular weight excluding hydrogens is 250 g/mol. The highest BCUT2D eigenvalue weighted by molar-refractivity contribution is 5.37. The van der Waals surface area contributed by atoms with Gasteiger partial charge < -0.3 is 15.2 Å². The summed E-state index contributed by atoms with van der Waals surface area (Å²) in [5.41, 5.74) is 1.23. The Morgan fingerprint density at radius 1 is 1.30 bits per heavy atom. The predicted octanol–water partition coefficient (Wildman–Crippen LogP) is 3.14. The summed E-state index contributed by atoms with van der Waals surface area (Å²) in [5.74, 6) is 1.43. The van der Waals surface area contributed by atoms with Crippen LogP contribution >= 0.6 is 0 Å². The summed E-state index contributed by atoms with van der Waals surface area (Å²) in [6.07, 6.45) is 1.98. The van der Waals surface area contributed by atoms with E-state index in [9.17, 15) is 5.11 Å². The Morgan fingerprint density at radius 3 is 2.65 bits per heavy atom. The van der Waals surface area contributed by atoms with Crippen molar-refractivity contribution < 1.29 is 9.84 Å². The number of fused-ring (bicyclic) bond motifs is 1. The molecule has 0 saturated carbocycles. The van der Waals surface area contributed by atoms with E-state index < -0.39 is 0 Å². The maximum absolute atomic E-state index is 9.70. The highest BCUT2D eigenvalue weighted by Crippen LogP contribution is 2.36. The van der Waals surface area contributed by atoms with Gasteiger partial charge in [0.2, 0.25) is 0 Å². The van der Waals surface area contributed by atoms with Crippen LogP contribution in [-0.4, -0.2) is 24.9 Å². The molecule has 2 rings (SSSR count). The molecule has 1 aromatic rings. The molecule has 1 aliphatic heterocycles. The molecule has 2 unspecified atom stereocenters. The Morgan fingerprint density at radius 2 is 2.00 bits per heavy atom. The van der Waals surface area contributed by atoms with Gasteiger partial charge in [-0.15, -0.1) is 0 Å². The largest absolute Gasteiger partial charge is 0.493 e. The highest BCUT2D eigenvalue weighted by Gasteiger charge is 2.31. The summed E-state index contributed by atoms with van der Waals surface area (Å²) >= 11 is 0. The molecule has 1 heterocycles. The van der Waals surface area contributed by atoms with Gasteiger partial charge in [0, 0.05) is 36.1 Å². The first-order chi connectivity index (χ1) is 9.65. The predicted molar refractivity (Wildman–Crippen MR) is 81.9 cm³/mol. The Kier molecular flexibility index (Phi) is 5.06. The molecule has 3 heteroatoms. The average molecular weight is 277 g/mol. The number of hydrogen-bond donors (Lipinski definition) is 2. The Balaban J connectivity index is 2.12. The van der Waals surface area contributed by atoms with Crippen LogP contribution in [-0.2, 0) is 0 Å². The van der Waals surface area contributed by atoms with Crippen LogP contribution in [0.1, 0.15) is 45.2 Å². The summed E-state index contributed by atoms with van der Waals surface area (Å²) in [6, 6.07) is 8.57. The lowest BCUT2D eigenvalue weighted by Crippen LogP contribution is -2.42. The van der Waals surface area contributed by atoms with E-state index in [1.807, 2.05) is 12.1 Å². The lowest BCUT2D eigenvalue weighted by atomic mass is 9.82. The Labute approximate surface area is 122 Å². The van der Waals surface area contributed by atoms with Gasteiger partial charge in [0.1, 0.15) is 5.75 Å². The van der Waals surface area contributed by atoms with Gasteiger partial charge in [-0.25, -0.2) is 0 Å². The fourth-order valence-corrected chi connectivity index (χ4v) is 2.91. The molecule has 3 nitrogen and oxygen atoms in total. The second kappa shape index (κ2) is 6.59. The van der Waals surface area contributed by atoms with Gasteiger partial charge in [-0.2, -0.15) is 0 Å². The SMILES string of the molecule is CCC(CC)(CO)CNC1c2ccccc2OCC1C. The average Bonchev–Trinajstić information content (AvgIpc) is 2.51. The third kappa shape index (κ3) is 2.99.